The number of halogens is 6. The minimum absolute atomic E-state index is 0.114. The van der Waals surface area contributed by atoms with Crippen LogP contribution in [0, 0.1) is 12.3 Å². The van der Waals surface area contributed by atoms with Gasteiger partial charge in [0.05, 0.1) is 17.7 Å². The lowest BCUT2D eigenvalue weighted by atomic mass is 9.83. The molecule has 32 heavy (non-hydrogen) atoms. The zero-order chi connectivity index (χ0) is 23.9. The van der Waals surface area contributed by atoms with Crippen LogP contribution in [-0.2, 0) is 4.84 Å². The van der Waals surface area contributed by atoms with Crippen LogP contribution in [0.4, 0.5) is 26.3 Å². The van der Waals surface area contributed by atoms with Crippen molar-refractivity contribution < 1.29 is 36.0 Å². The highest BCUT2D eigenvalue weighted by atomic mass is 19.4. The Labute approximate surface area is 179 Å². The molecule has 0 bridgehead atoms. The Hall–Kier alpha value is -3.05. The largest absolute Gasteiger partial charge is 0.435 e. The number of amides is 1. The van der Waals surface area contributed by atoms with Crippen LogP contribution in [0.25, 0.3) is 0 Å². The van der Waals surface area contributed by atoms with Crippen molar-refractivity contribution >= 4 is 17.3 Å². The summed E-state index contributed by atoms with van der Waals surface area (Å²) in [4.78, 5) is 16.9. The van der Waals surface area contributed by atoms with E-state index in [2.05, 4.69) is 20.6 Å². The van der Waals surface area contributed by atoms with E-state index in [1.807, 2.05) is 0 Å². The average Bonchev–Trinajstić information content (AvgIpc) is 3.37. The summed E-state index contributed by atoms with van der Waals surface area (Å²) in [6.45, 7) is 1.59. The molecule has 1 atom stereocenters. The van der Waals surface area contributed by atoms with E-state index in [9.17, 15) is 31.1 Å². The van der Waals surface area contributed by atoms with Gasteiger partial charge >= 0.3 is 12.4 Å². The smallest absolute Gasteiger partial charge is 0.394 e. The van der Waals surface area contributed by atoms with E-state index in [4.69, 9.17) is 5.41 Å². The predicted molar refractivity (Wildman–Crippen MR) is 104 cm³/mol. The number of alkyl halides is 6. The number of rotatable bonds is 6. The molecule has 3 N–H and O–H groups in total. The molecule has 1 heterocycles. The molecule has 1 saturated carbocycles. The number of benzene rings is 1. The topological polar surface area (TPSA) is 86.6 Å². The van der Waals surface area contributed by atoms with Gasteiger partial charge in [-0.15, -0.1) is 0 Å². The molecule has 1 fully saturated rings. The van der Waals surface area contributed by atoms with Crippen molar-refractivity contribution in [2.75, 3.05) is 7.05 Å². The van der Waals surface area contributed by atoms with E-state index < -0.39 is 35.7 Å². The maximum atomic E-state index is 14.0. The van der Waals surface area contributed by atoms with Crippen LogP contribution < -0.4 is 10.6 Å². The monoisotopic (exact) mass is 462 g/mol. The highest BCUT2D eigenvalue weighted by Crippen LogP contribution is 2.48. The molecular formula is C20H20F6N4O2. The minimum Gasteiger partial charge on any atom is -0.394 e. The van der Waals surface area contributed by atoms with Crippen LogP contribution in [0.5, 0.6) is 0 Å². The lowest BCUT2D eigenvalue weighted by Crippen LogP contribution is -2.51. The van der Waals surface area contributed by atoms with Crippen LogP contribution in [-0.4, -0.2) is 48.4 Å². The van der Waals surface area contributed by atoms with Crippen molar-refractivity contribution in [2.24, 2.45) is 5.16 Å². The Balaban J connectivity index is 1.93. The third-order valence-electron chi connectivity index (χ3n) is 5.18. The first-order chi connectivity index (χ1) is 14.8. The quantitative estimate of drug-likeness (QED) is 0.441. The van der Waals surface area contributed by atoms with Crippen molar-refractivity contribution in [1.29, 1.82) is 5.41 Å². The Morgan fingerprint density at radius 1 is 1.25 bits per heavy atom. The molecule has 0 saturated heterocycles. The molecule has 6 nitrogen and oxygen atoms in total. The third-order valence-corrected chi connectivity index (χ3v) is 5.18. The number of carbonyl (C=O) groups excluding carboxylic acids is 1. The number of oxime groups is 1. The fourth-order valence-electron chi connectivity index (χ4n) is 3.31. The van der Waals surface area contributed by atoms with E-state index >= 15 is 0 Å². The van der Waals surface area contributed by atoms with E-state index in [-0.39, 0.29) is 23.2 Å². The Kier molecular flexibility index (Phi) is 6.00. The second-order valence-electron chi connectivity index (χ2n) is 7.63. The van der Waals surface area contributed by atoms with Crippen LogP contribution in [0.3, 0.4) is 0 Å². The first-order valence-electron chi connectivity index (χ1n) is 9.58. The first-order valence-corrected chi connectivity index (χ1v) is 9.58. The van der Waals surface area contributed by atoms with Crippen molar-refractivity contribution in [3.05, 3.63) is 46.7 Å². The van der Waals surface area contributed by atoms with Gasteiger partial charge in [-0.05, 0) is 43.0 Å². The van der Waals surface area contributed by atoms with Gasteiger partial charge in [0.25, 0.3) is 11.5 Å². The van der Waals surface area contributed by atoms with E-state index in [1.165, 1.54) is 18.2 Å². The number of hydrogen-bond acceptors (Lipinski definition) is 5. The summed E-state index contributed by atoms with van der Waals surface area (Å²) in [5.74, 6) is -0.316. The summed E-state index contributed by atoms with van der Waals surface area (Å²) in [5.41, 5.74) is -6.41. The number of nitrogens with zero attached hydrogens (tertiary/aromatic N) is 1. The van der Waals surface area contributed by atoms with Crippen LogP contribution in [0.2, 0.25) is 0 Å². The molecule has 174 valence electrons. The number of nitrogens with one attached hydrogen (secondary N) is 3. The Morgan fingerprint density at radius 3 is 2.41 bits per heavy atom. The van der Waals surface area contributed by atoms with Gasteiger partial charge in [0.1, 0.15) is 5.71 Å². The zero-order valence-electron chi connectivity index (χ0n) is 17.0. The molecule has 3 rings (SSSR count). The van der Waals surface area contributed by atoms with Crippen LogP contribution in [0.15, 0.2) is 35.1 Å². The van der Waals surface area contributed by atoms with E-state index in [0.717, 1.165) is 19.9 Å². The predicted octanol–water partition coefficient (Wildman–Crippen LogP) is 4.00. The SMILES string of the molecule is CN/C=C(\C(=N)C(F)(F)F)C1(C(F)(F)F)CC(c2ccc(C(=O)NC3CC3)c(C)c2)=NO1. The molecule has 1 aliphatic carbocycles. The van der Waals surface area contributed by atoms with Gasteiger partial charge in [-0.2, -0.15) is 26.3 Å². The number of hydrogen-bond donors (Lipinski definition) is 3. The van der Waals surface area contributed by atoms with Gasteiger partial charge in [-0.3, -0.25) is 10.2 Å². The molecular weight excluding hydrogens is 442 g/mol. The number of carbonyl (C=O) groups is 1. The minimum atomic E-state index is -5.33. The molecule has 1 aromatic carbocycles. The summed E-state index contributed by atoms with van der Waals surface area (Å²) in [5, 5.41) is 15.7. The molecule has 1 aromatic rings. The molecule has 1 aliphatic heterocycles. The van der Waals surface area contributed by atoms with Gasteiger partial charge in [0.15, 0.2) is 0 Å². The molecule has 0 spiro atoms. The fraction of sp³-hybridized carbons (Fsp3) is 0.450. The molecule has 1 amide bonds. The maximum Gasteiger partial charge on any atom is 0.435 e. The standard InChI is InChI=1S/C20H20F6N4O2/c1-10-7-11(3-6-13(10)17(31)29-12-4-5-12)15-8-18(32-30-15,20(24,25)26)14(9-28-2)16(27)19(21,22)23/h3,6-7,9,12,27-28H,4-5,8H2,1-2H3,(H,29,31)/b14-9+,27-16?. The second kappa shape index (κ2) is 8.14. The van der Waals surface area contributed by atoms with E-state index in [1.54, 1.807) is 6.92 Å². The van der Waals surface area contributed by atoms with Crippen LogP contribution >= 0.6 is 0 Å². The maximum absolute atomic E-state index is 14.0. The summed E-state index contributed by atoms with van der Waals surface area (Å²) in [6.07, 6.45) is -9.51. The fourth-order valence-corrected chi connectivity index (χ4v) is 3.31. The van der Waals surface area contributed by atoms with Gasteiger partial charge in [-0.1, -0.05) is 11.2 Å². The van der Waals surface area contributed by atoms with E-state index in [0.29, 0.717) is 17.3 Å². The number of aryl methyl sites for hydroxylation is 1. The summed E-state index contributed by atoms with van der Waals surface area (Å²) >= 11 is 0. The van der Waals surface area contributed by atoms with Crippen molar-refractivity contribution in [2.45, 2.75) is 50.2 Å². The second-order valence-corrected chi connectivity index (χ2v) is 7.63. The van der Waals surface area contributed by atoms with Crippen molar-refractivity contribution in [3.63, 3.8) is 0 Å². The molecule has 0 radical (unpaired) electrons. The Bertz CT molecular complexity index is 995. The Morgan fingerprint density at radius 2 is 1.91 bits per heavy atom. The first kappa shape index (κ1) is 23.6. The highest BCUT2D eigenvalue weighted by molar-refractivity contribution is 6.08. The molecule has 0 aromatic heterocycles. The lowest BCUT2D eigenvalue weighted by molar-refractivity contribution is -0.251. The van der Waals surface area contributed by atoms with Gasteiger partial charge in [0.2, 0.25) is 0 Å². The lowest BCUT2D eigenvalue weighted by Gasteiger charge is -2.32. The van der Waals surface area contributed by atoms with Gasteiger partial charge in [0, 0.05) is 24.9 Å². The third kappa shape index (κ3) is 4.44. The van der Waals surface area contributed by atoms with Gasteiger partial charge < -0.3 is 15.5 Å². The molecule has 1 unspecified atom stereocenters. The molecule has 12 heteroatoms. The van der Waals surface area contributed by atoms with Gasteiger partial charge in [-0.25, -0.2) is 0 Å². The van der Waals surface area contributed by atoms with Crippen molar-refractivity contribution in [1.82, 2.24) is 10.6 Å². The summed E-state index contributed by atoms with van der Waals surface area (Å²) < 4.78 is 81.5. The zero-order valence-corrected chi connectivity index (χ0v) is 17.0. The summed E-state index contributed by atoms with van der Waals surface area (Å²) in [7, 11) is 1.11. The molecule has 2 aliphatic rings. The van der Waals surface area contributed by atoms with Crippen LogP contribution in [0.1, 0.15) is 40.7 Å². The van der Waals surface area contributed by atoms with Crippen molar-refractivity contribution in [3.8, 4) is 0 Å². The highest BCUT2D eigenvalue weighted by Gasteiger charge is 2.66. The summed E-state index contributed by atoms with van der Waals surface area (Å²) in [6, 6.07) is 4.32. The average molecular weight is 462 g/mol. The normalized spacial score (nSPS) is 21.6.